The van der Waals surface area contributed by atoms with Crippen LogP contribution in [0.15, 0.2) is 63.5 Å². The Bertz CT molecular complexity index is 1660. The Morgan fingerprint density at radius 3 is 2.33 bits per heavy atom. The van der Waals surface area contributed by atoms with E-state index in [1.807, 2.05) is 6.92 Å². The standard InChI is InChI=1S/C28H26N2O8S/c1-6-36-22-13-18(7-12-21(22)38-17(4)32)14-23-26(33)30-25(19-8-10-20(11-9-19)37-16(3)31)24(27(34)35-5)15(2)29-28(30)39-23/h7-14,25H,6H2,1-5H3/b23-14-. The number of allylic oxidation sites excluding steroid dienone is 1. The van der Waals surface area contributed by atoms with Crippen LogP contribution in [-0.4, -0.2) is 36.2 Å². The number of carbonyl (C=O) groups excluding carboxylic acids is 3. The summed E-state index contributed by atoms with van der Waals surface area (Å²) in [5.74, 6) is -0.574. The van der Waals surface area contributed by atoms with Crippen LogP contribution in [0, 0.1) is 0 Å². The Morgan fingerprint density at radius 2 is 1.72 bits per heavy atom. The number of thiazole rings is 1. The molecule has 3 aromatic rings. The molecule has 0 N–H and O–H groups in total. The third-order valence-corrected chi connectivity index (χ3v) is 6.69. The molecule has 1 aromatic heterocycles. The van der Waals surface area contributed by atoms with Crippen molar-refractivity contribution in [1.82, 2.24) is 4.57 Å². The number of fused-ring (bicyclic) bond motifs is 1. The van der Waals surface area contributed by atoms with Gasteiger partial charge in [0.15, 0.2) is 16.3 Å². The van der Waals surface area contributed by atoms with Crippen LogP contribution in [-0.2, 0) is 19.1 Å². The number of ether oxygens (including phenoxy) is 4. The fourth-order valence-electron chi connectivity index (χ4n) is 4.17. The number of carbonyl (C=O) groups is 3. The minimum absolute atomic E-state index is 0.223. The maximum atomic E-state index is 13.7. The molecule has 1 unspecified atom stereocenters. The first-order valence-corrected chi connectivity index (χ1v) is 12.8. The summed E-state index contributed by atoms with van der Waals surface area (Å²) in [5.41, 5.74) is 1.54. The molecule has 1 aliphatic heterocycles. The van der Waals surface area contributed by atoms with E-state index < -0.39 is 23.9 Å². The van der Waals surface area contributed by atoms with Crippen LogP contribution in [0.5, 0.6) is 17.2 Å². The second-order valence-corrected chi connectivity index (χ2v) is 9.48. The van der Waals surface area contributed by atoms with Crippen molar-refractivity contribution in [1.29, 1.82) is 0 Å². The van der Waals surface area contributed by atoms with E-state index in [-0.39, 0.29) is 16.9 Å². The Hall–Kier alpha value is -4.51. The van der Waals surface area contributed by atoms with Crippen molar-refractivity contribution >= 4 is 35.3 Å². The van der Waals surface area contributed by atoms with Gasteiger partial charge in [-0.25, -0.2) is 9.79 Å². The van der Waals surface area contributed by atoms with E-state index in [1.165, 1.54) is 36.9 Å². The largest absolute Gasteiger partial charge is 0.490 e. The van der Waals surface area contributed by atoms with Gasteiger partial charge in [-0.05, 0) is 55.3 Å². The molecule has 0 radical (unpaired) electrons. The topological polar surface area (TPSA) is 122 Å². The van der Waals surface area contributed by atoms with Crippen molar-refractivity contribution in [2.45, 2.75) is 33.7 Å². The first-order chi connectivity index (χ1) is 18.6. The minimum Gasteiger partial charge on any atom is -0.490 e. The number of esters is 3. The summed E-state index contributed by atoms with van der Waals surface area (Å²) in [5, 5.41) is 0. The van der Waals surface area contributed by atoms with Crippen LogP contribution < -0.4 is 29.1 Å². The zero-order valence-corrected chi connectivity index (χ0v) is 22.8. The quantitative estimate of drug-likeness (QED) is 0.325. The monoisotopic (exact) mass is 550 g/mol. The minimum atomic E-state index is -0.812. The highest BCUT2D eigenvalue weighted by atomic mass is 32.1. The van der Waals surface area contributed by atoms with Crippen molar-refractivity contribution in [3.05, 3.63) is 84.5 Å². The lowest BCUT2D eigenvalue weighted by Gasteiger charge is -2.24. The molecule has 202 valence electrons. The number of nitrogens with zero attached hydrogens (tertiary/aromatic N) is 2. The van der Waals surface area contributed by atoms with E-state index in [0.717, 1.165) is 0 Å². The van der Waals surface area contributed by atoms with Crippen LogP contribution in [0.4, 0.5) is 0 Å². The van der Waals surface area contributed by atoms with Crippen LogP contribution >= 0.6 is 11.3 Å². The molecule has 1 atom stereocenters. The molecule has 10 nitrogen and oxygen atoms in total. The number of methoxy groups -OCH3 is 1. The number of hydrogen-bond acceptors (Lipinski definition) is 10. The first-order valence-electron chi connectivity index (χ1n) is 12.0. The predicted octanol–water partition coefficient (Wildman–Crippen LogP) is 2.66. The number of rotatable bonds is 7. The van der Waals surface area contributed by atoms with Crippen LogP contribution in [0.3, 0.4) is 0 Å². The highest BCUT2D eigenvalue weighted by Gasteiger charge is 2.33. The van der Waals surface area contributed by atoms with E-state index in [0.29, 0.717) is 44.3 Å². The van der Waals surface area contributed by atoms with Gasteiger partial charge in [0.25, 0.3) is 5.56 Å². The maximum Gasteiger partial charge on any atom is 0.338 e. The lowest BCUT2D eigenvalue weighted by Crippen LogP contribution is -2.39. The zero-order valence-electron chi connectivity index (χ0n) is 22.0. The van der Waals surface area contributed by atoms with Gasteiger partial charge in [0.2, 0.25) is 0 Å². The summed E-state index contributed by atoms with van der Waals surface area (Å²) in [6.45, 7) is 6.45. The molecule has 0 aliphatic carbocycles. The van der Waals surface area contributed by atoms with Gasteiger partial charge in [0.05, 0.1) is 35.6 Å². The Morgan fingerprint density at radius 1 is 1.03 bits per heavy atom. The van der Waals surface area contributed by atoms with Gasteiger partial charge in [-0.2, -0.15) is 0 Å². The molecular weight excluding hydrogens is 524 g/mol. The molecule has 0 fully saturated rings. The summed E-state index contributed by atoms with van der Waals surface area (Å²) in [7, 11) is 1.27. The molecule has 2 heterocycles. The second kappa shape index (κ2) is 11.5. The summed E-state index contributed by atoms with van der Waals surface area (Å²) in [6, 6.07) is 10.7. The van der Waals surface area contributed by atoms with E-state index in [9.17, 15) is 19.2 Å². The molecule has 0 bridgehead atoms. The van der Waals surface area contributed by atoms with Gasteiger partial charge in [-0.1, -0.05) is 29.5 Å². The first kappa shape index (κ1) is 27.5. The predicted molar refractivity (Wildman–Crippen MR) is 142 cm³/mol. The van der Waals surface area contributed by atoms with Gasteiger partial charge in [-0.3, -0.25) is 19.0 Å². The summed E-state index contributed by atoms with van der Waals surface area (Å²) in [6.07, 6.45) is 1.68. The maximum absolute atomic E-state index is 13.7. The van der Waals surface area contributed by atoms with E-state index >= 15 is 0 Å². The van der Waals surface area contributed by atoms with E-state index in [4.69, 9.17) is 18.9 Å². The average Bonchev–Trinajstić information content (AvgIpc) is 3.18. The molecule has 0 saturated carbocycles. The van der Waals surface area contributed by atoms with Gasteiger partial charge in [0, 0.05) is 13.8 Å². The fraction of sp³-hybridized carbons (Fsp3) is 0.250. The number of aromatic nitrogens is 1. The zero-order chi connectivity index (χ0) is 28.3. The second-order valence-electron chi connectivity index (χ2n) is 8.47. The number of benzene rings is 2. The van der Waals surface area contributed by atoms with Crippen molar-refractivity contribution in [3.8, 4) is 17.2 Å². The third kappa shape index (κ3) is 5.83. The number of hydrogen-bond donors (Lipinski definition) is 0. The molecule has 0 amide bonds. The van der Waals surface area contributed by atoms with Crippen LogP contribution in [0.1, 0.15) is 44.9 Å². The van der Waals surface area contributed by atoms with Crippen molar-refractivity contribution < 1.29 is 33.3 Å². The van der Waals surface area contributed by atoms with E-state index in [2.05, 4.69) is 4.99 Å². The molecule has 39 heavy (non-hydrogen) atoms. The fourth-order valence-corrected chi connectivity index (χ4v) is 5.21. The summed E-state index contributed by atoms with van der Waals surface area (Å²) < 4.78 is 22.8. The molecule has 1 aliphatic rings. The molecular formula is C28H26N2O8S. The lowest BCUT2D eigenvalue weighted by molar-refractivity contribution is -0.136. The normalized spacial score (nSPS) is 14.8. The van der Waals surface area contributed by atoms with Crippen molar-refractivity contribution in [3.63, 3.8) is 0 Å². The molecule has 0 spiro atoms. The smallest absolute Gasteiger partial charge is 0.338 e. The molecule has 0 saturated heterocycles. The van der Waals surface area contributed by atoms with Gasteiger partial charge in [0.1, 0.15) is 5.75 Å². The molecule has 4 rings (SSSR count). The summed E-state index contributed by atoms with van der Waals surface area (Å²) >= 11 is 1.17. The average molecular weight is 551 g/mol. The van der Waals surface area contributed by atoms with E-state index in [1.54, 1.807) is 55.5 Å². The van der Waals surface area contributed by atoms with Crippen LogP contribution in [0.25, 0.3) is 6.08 Å². The van der Waals surface area contributed by atoms with Crippen molar-refractivity contribution in [2.75, 3.05) is 13.7 Å². The van der Waals surface area contributed by atoms with Crippen LogP contribution in [0.2, 0.25) is 0 Å². The Balaban J connectivity index is 1.86. The third-order valence-electron chi connectivity index (χ3n) is 5.70. The van der Waals surface area contributed by atoms with Gasteiger partial charge in [-0.15, -0.1) is 0 Å². The highest BCUT2D eigenvalue weighted by molar-refractivity contribution is 7.07. The lowest BCUT2D eigenvalue weighted by atomic mass is 9.96. The van der Waals surface area contributed by atoms with Gasteiger partial charge < -0.3 is 18.9 Å². The molecule has 2 aromatic carbocycles. The highest BCUT2D eigenvalue weighted by Crippen LogP contribution is 2.32. The molecule has 11 heteroatoms. The Labute approximate surface area is 227 Å². The summed E-state index contributed by atoms with van der Waals surface area (Å²) in [4.78, 5) is 54.3. The van der Waals surface area contributed by atoms with Crippen molar-refractivity contribution in [2.24, 2.45) is 4.99 Å². The Kier molecular flexibility index (Phi) is 8.10. The van der Waals surface area contributed by atoms with Gasteiger partial charge >= 0.3 is 17.9 Å². The SMILES string of the molecule is CCOc1cc(/C=c2\sc3n(c2=O)C(c2ccc(OC(C)=O)cc2)C(C(=O)OC)=C(C)N=3)ccc1OC(C)=O.